The molecule has 2 aromatic carbocycles. The average molecular weight is 547 g/mol. The number of aliphatic hydroxyl groups excluding tert-OH is 1. The molecule has 0 saturated carbocycles. The van der Waals surface area contributed by atoms with Crippen LogP contribution in [0.15, 0.2) is 64.2 Å². The van der Waals surface area contributed by atoms with Gasteiger partial charge in [0.25, 0.3) is 0 Å². The van der Waals surface area contributed by atoms with Gasteiger partial charge < -0.3 is 14.1 Å². The van der Waals surface area contributed by atoms with Crippen molar-refractivity contribution < 1.29 is 22.3 Å². The van der Waals surface area contributed by atoms with E-state index >= 15 is 4.39 Å². The van der Waals surface area contributed by atoms with Crippen LogP contribution in [0.1, 0.15) is 28.7 Å². The molecule has 0 spiro atoms. The van der Waals surface area contributed by atoms with Gasteiger partial charge in [0.15, 0.2) is 21.5 Å². The quantitative estimate of drug-likeness (QED) is 0.298. The Bertz CT molecular complexity index is 1840. The third kappa shape index (κ3) is 4.88. The lowest BCUT2D eigenvalue weighted by Crippen LogP contribution is -2.06. The van der Waals surface area contributed by atoms with Gasteiger partial charge in [0.1, 0.15) is 17.3 Å². The molecule has 1 N–H and O–H groups in total. The number of benzene rings is 2. The van der Waals surface area contributed by atoms with Gasteiger partial charge in [0, 0.05) is 48.0 Å². The number of hydrogen-bond acceptors (Lipinski definition) is 7. The molecule has 0 amide bonds. The smallest absolute Gasteiger partial charge is 0.192 e. The van der Waals surface area contributed by atoms with Crippen molar-refractivity contribution in [2.45, 2.75) is 39.2 Å². The van der Waals surface area contributed by atoms with Crippen LogP contribution in [0.2, 0.25) is 0 Å². The van der Waals surface area contributed by atoms with E-state index in [-0.39, 0.29) is 10.5 Å². The first-order valence-corrected chi connectivity index (χ1v) is 14.1. The van der Waals surface area contributed by atoms with Crippen LogP contribution < -0.4 is 0 Å². The molecule has 0 radical (unpaired) electrons. The van der Waals surface area contributed by atoms with Gasteiger partial charge in [-0.25, -0.2) is 22.8 Å². The minimum Gasteiger partial charge on any atom is -0.440 e. The predicted molar refractivity (Wildman–Crippen MR) is 146 cm³/mol. The monoisotopic (exact) mass is 546 g/mol. The highest BCUT2D eigenvalue weighted by molar-refractivity contribution is 7.90. The molecule has 8 nitrogen and oxygen atoms in total. The average Bonchev–Trinajstić information content (AvgIpc) is 3.43. The number of aryl methyl sites for hydroxylation is 4. The zero-order chi connectivity index (χ0) is 28.1. The highest BCUT2D eigenvalue weighted by Gasteiger charge is 2.23. The molecule has 0 saturated heterocycles. The van der Waals surface area contributed by atoms with E-state index in [9.17, 15) is 13.5 Å². The highest BCUT2D eigenvalue weighted by Crippen LogP contribution is 2.39. The number of nitrogens with zero attached hydrogens (tertiary/aromatic N) is 4. The molecule has 3 heterocycles. The topological polar surface area (TPSA) is 111 Å². The zero-order valence-electron chi connectivity index (χ0n) is 22.2. The summed E-state index contributed by atoms with van der Waals surface area (Å²) in [5.41, 5.74) is 5.02. The van der Waals surface area contributed by atoms with E-state index < -0.39 is 22.3 Å². The molecule has 10 heteroatoms. The van der Waals surface area contributed by atoms with Gasteiger partial charge in [-0.2, -0.15) is 0 Å². The molecule has 3 aromatic heterocycles. The molecule has 0 aliphatic heterocycles. The summed E-state index contributed by atoms with van der Waals surface area (Å²) in [5, 5.41) is 9.63. The Labute approximate surface area is 225 Å². The van der Waals surface area contributed by atoms with Gasteiger partial charge in [-0.05, 0) is 68.3 Å². The number of aromatic nitrogens is 4. The number of oxazole rings is 1. The summed E-state index contributed by atoms with van der Waals surface area (Å²) in [5.74, 6) is 0.949. The Hall–Kier alpha value is -4.15. The minimum atomic E-state index is -3.81. The summed E-state index contributed by atoms with van der Waals surface area (Å²) in [6.45, 7) is 6.71. The van der Waals surface area contributed by atoms with Crippen LogP contribution in [0, 0.1) is 33.5 Å². The van der Waals surface area contributed by atoms with Crippen LogP contribution >= 0.6 is 0 Å². The number of rotatable bonds is 6. The van der Waals surface area contributed by atoms with Gasteiger partial charge >= 0.3 is 0 Å². The molecular weight excluding hydrogens is 519 g/mol. The maximum absolute atomic E-state index is 15.0. The molecule has 0 aliphatic rings. The van der Waals surface area contributed by atoms with Crippen molar-refractivity contribution in [3.63, 3.8) is 0 Å². The van der Waals surface area contributed by atoms with E-state index in [1.54, 1.807) is 19.2 Å². The second-order valence-corrected chi connectivity index (χ2v) is 11.4. The molecule has 0 fully saturated rings. The maximum Gasteiger partial charge on any atom is 0.192 e. The first-order valence-electron chi connectivity index (χ1n) is 12.2. The van der Waals surface area contributed by atoms with Gasteiger partial charge in [0.2, 0.25) is 0 Å². The fraction of sp³-hybridized carbons (Fsp3) is 0.207. The van der Waals surface area contributed by atoms with Gasteiger partial charge in [-0.3, -0.25) is 4.98 Å². The molecule has 5 aromatic rings. The van der Waals surface area contributed by atoms with Crippen molar-refractivity contribution in [3.05, 3.63) is 89.3 Å². The van der Waals surface area contributed by atoms with Crippen molar-refractivity contribution in [2.75, 3.05) is 6.26 Å². The SMILES string of the molecule is Cc1cn(-c2ccc(-c3cc(F)c(CO)c(S(C)(=O)=O)c3)cc2-c2nc(C)oc2-c2cccnc2C)c(C)n1. The Morgan fingerprint density at radius 3 is 2.41 bits per heavy atom. The fourth-order valence-electron chi connectivity index (χ4n) is 4.76. The minimum absolute atomic E-state index is 0.254. The van der Waals surface area contributed by atoms with Crippen LogP contribution in [0.5, 0.6) is 0 Å². The Kier molecular flexibility index (Phi) is 6.69. The van der Waals surface area contributed by atoms with Gasteiger partial charge in [0.05, 0.1) is 22.9 Å². The summed E-state index contributed by atoms with van der Waals surface area (Å²) >= 11 is 0. The lowest BCUT2D eigenvalue weighted by Gasteiger charge is -2.15. The van der Waals surface area contributed by atoms with E-state index in [1.807, 2.05) is 55.8 Å². The molecule has 39 heavy (non-hydrogen) atoms. The van der Waals surface area contributed by atoms with E-state index in [0.29, 0.717) is 34.0 Å². The summed E-state index contributed by atoms with van der Waals surface area (Å²) in [6.07, 6.45) is 4.60. The number of hydrogen-bond donors (Lipinski definition) is 1. The molecule has 5 rings (SSSR count). The Morgan fingerprint density at radius 2 is 1.77 bits per heavy atom. The third-order valence-electron chi connectivity index (χ3n) is 6.55. The summed E-state index contributed by atoms with van der Waals surface area (Å²) in [7, 11) is -3.81. The lowest BCUT2D eigenvalue weighted by atomic mass is 9.97. The summed E-state index contributed by atoms with van der Waals surface area (Å²) < 4.78 is 47.9. The van der Waals surface area contributed by atoms with E-state index in [0.717, 1.165) is 34.7 Å². The second-order valence-electron chi connectivity index (χ2n) is 9.44. The van der Waals surface area contributed by atoms with Crippen LogP contribution in [0.25, 0.3) is 39.4 Å². The first-order chi connectivity index (χ1) is 18.5. The molecule has 0 aliphatic carbocycles. The van der Waals surface area contributed by atoms with E-state index in [2.05, 4.69) is 9.97 Å². The zero-order valence-corrected chi connectivity index (χ0v) is 23.0. The second kappa shape index (κ2) is 9.87. The Balaban J connectivity index is 1.81. The molecule has 0 bridgehead atoms. The molecule has 0 atom stereocenters. The third-order valence-corrected chi connectivity index (χ3v) is 7.71. The normalized spacial score (nSPS) is 11.8. The highest BCUT2D eigenvalue weighted by atomic mass is 32.2. The standard InChI is InChI=1S/C29H27FN4O4S/c1-16-14-34(18(3)32-16)26-9-8-20(21-12-25(30)24(15-35)27(13-21)39(5,36)37)11-23(26)28-29(38-19(4)33-28)22-7-6-10-31-17(22)2/h6-14,35H,15H2,1-5H3. The van der Waals surface area contributed by atoms with Crippen molar-refractivity contribution in [1.29, 1.82) is 0 Å². The van der Waals surface area contributed by atoms with Crippen molar-refractivity contribution in [2.24, 2.45) is 0 Å². The van der Waals surface area contributed by atoms with Crippen LogP contribution in [-0.4, -0.2) is 39.3 Å². The Morgan fingerprint density at radius 1 is 1.00 bits per heavy atom. The lowest BCUT2D eigenvalue weighted by molar-refractivity contribution is 0.272. The molecule has 200 valence electrons. The molecular formula is C29H27FN4O4S. The summed E-state index contributed by atoms with van der Waals surface area (Å²) in [4.78, 5) is 13.4. The van der Waals surface area contributed by atoms with Crippen LogP contribution in [-0.2, 0) is 16.4 Å². The maximum atomic E-state index is 15.0. The summed E-state index contributed by atoms with van der Waals surface area (Å²) in [6, 6.07) is 11.8. The number of pyridine rings is 1. The van der Waals surface area contributed by atoms with Crippen LogP contribution in [0.3, 0.4) is 0 Å². The van der Waals surface area contributed by atoms with E-state index in [4.69, 9.17) is 9.40 Å². The van der Waals surface area contributed by atoms with Crippen molar-refractivity contribution >= 4 is 9.84 Å². The number of aliphatic hydroxyl groups is 1. The van der Waals surface area contributed by atoms with E-state index in [1.165, 1.54) is 12.1 Å². The number of sulfone groups is 1. The fourth-order valence-corrected chi connectivity index (χ4v) is 5.71. The van der Waals surface area contributed by atoms with Gasteiger partial charge in [-0.1, -0.05) is 6.07 Å². The molecule has 0 unspecified atom stereocenters. The van der Waals surface area contributed by atoms with Gasteiger partial charge in [-0.15, -0.1) is 0 Å². The van der Waals surface area contributed by atoms with Crippen LogP contribution in [0.4, 0.5) is 4.39 Å². The number of imidazole rings is 1. The van der Waals surface area contributed by atoms with Crippen molar-refractivity contribution in [1.82, 2.24) is 19.5 Å². The largest absolute Gasteiger partial charge is 0.440 e. The first kappa shape index (κ1) is 26.5. The predicted octanol–water partition coefficient (Wildman–Crippen LogP) is 5.52. The number of halogens is 1. The van der Waals surface area contributed by atoms with Crippen molar-refractivity contribution in [3.8, 4) is 39.4 Å².